The number of carbonyl (C=O) groups is 1. The fourth-order valence-electron chi connectivity index (χ4n) is 4.79. The Morgan fingerprint density at radius 2 is 1.56 bits per heavy atom. The third-order valence-electron chi connectivity index (χ3n) is 6.88. The number of aliphatic hydroxyl groups is 1. The molecule has 0 spiro atoms. The first-order valence-electron chi connectivity index (χ1n) is 13.9. The van der Waals surface area contributed by atoms with Gasteiger partial charge in [-0.05, 0) is 53.9 Å². The lowest BCUT2D eigenvalue weighted by Crippen LogP contribution is -2.48. The number of hydrogen-bond acceptors (Lipinski definition) is 6. The second-order valence-corrected chi connectivity index (χ2v) is 12.2. The molecule has 1 amide bonds. The molecule has 0 saturated carbocycles. The summed E-state index contributed by atoms with van der Waals surface area (Å²) in [7, 11) is -3.88. The summed E-state index contributed by atoms with van der Waals surface area (Å²) in [6.07, 6.45) is -4.43. The van der Waals surface area contributed by atoms with Crippen molar-refractivity contribution in [3.05, 3.63) is 131 Å². The van der Waals surface area contributed by atoms with E-state index in [-0.39, 0.29) is 36.3 Å². The van der Waals surface area contributed by atoms with Crippen LogP contribution in [-0.2, 0) is 29.2 Å². The van der Waals surface area contributed by atoms with Crippen LogP contribution in [0, 0.1) is 11.3 Å². The molecule has 0 aliphatic heterocycles. The van der Waals surface area contributed by atoms with Gasteiger partial charge >= 0.3 is 6.18 Å². The molecule has 4 rings (SSSR count). The predicted octanol–water partition coefficient (Wildman–Crippen LogP) is 5.17. The van der Waals surface area contributed by atoms with Crippen LogP contribution in [0.2, 0.25) is 0 Å². The van der Waals surface area contributed by atoms with Crippen molar-refractivity contribution >= 4 is 27.3 Å². The molecular formula is C33H31F3N4O4S. The average molecular weight is 637 g/mol. The van der Waals surface area contributed by atoms with Crippen molar-refractivity contribution in [1.29, 1.82) is 5.26 Å². The van der Waals surface area contributed by atoms with Gasteiger partial charge in [-0.3, -0.25) is 4.79 Å². The summed E-state index contributed by atoms with van der Waals surface area (Å²) in [5.41, 5.74) is 0.827. The third kappa shape index (κ3) is 9.15. The number of nitriles is 1. The normalized spacial score (nSPS) is 13.0. The van der Waals surface area contributed by atoms with Gasteiger partial charge < -0.3 is 15.7 Å². The maximum absolute atomic E-state index is 13.6. The summed E-state index contributed by atoms with van der Waals surface area (Å²) in [6.45, 7) is -0.0191. The van der Waals surface area contributed by atoms with Crippen molar-refractivity contribution in [2.24, 2.45) is 0 Å². The molecule has 8 nitrogen and oxygen atoms in total. The van der Waals surface area contributed by atoms with Crippen molar-refractivity contribution in [1.82, 2.24) is 10.6 Å². The van der Waals surface area contributed by atoms with E-state index < -0.39 is 39.8 Å². The first kappa shape index (κ1) is 33.2. The number of nitrogens with zero attached hydrogens (tertiary/aromatic N) is 2. The molecule has 0 radical (unpaired) electrons. The molecule has 0 fully saturated rings. The maximum atomic E-state index is 13.6. The highest BCUT2D eigenvalue weighted by Gasteiger charge is 2.30. The summed E-state index contributed by atoms with van der Waals surface area (Å²) in [5.74, 6) is -0.660. The lowest BCUT2D eigenvalue weighted by molar-refractivity contribution is -0.137. The number of hydrogen-bond donors (Lipinski definition) is 3. The second kappa shape index (κ2) is 14.4. The molecule has 3 N–H and O–H groups in total. The lowest BCUT2D eigenvalue weighted by atomic mass is 10.00. The monoisotopic (exact) mass is 636 g/mol. The fourth-order valence-corrected chi connectivity index (χ4v) is 5.78. The Kier molecular flexibility index (Phi) is 10.6. The average Bonchev–Trinajstić information content (AvgIpc) is 3.00. The summed E-state index contributed by atoms with van der Waals surface area (Å²) < 4.78 is 65.9. The Balaban J connectivity index is 1.57. The van der Waals surface area contributed by atoms with Gasteiger partial charge in [0.25, 0.3) is 5.91 Å². The molecule has 45 heavy (non-hydrogen) atoms. The molecule has 0 aliphatic rings. The number of nitrogens with one attached hydrogen (secondary N) is 2. The Hall–Kier alpha value is -4.70. The third-order valence-corrected chi connectivity index (χ3v) is 7.97. The van der Waals surface area contributed by atoms with E-state index in [0.717, 1.165) is 28.3 Å². The van der Waals surface area contributed by atoms with Crippen molar-refractivity contribution in [3.63, 3.8) is 0 Å². The Bertz CT molecular complexity index is 1760. The first-order chi connectivity index (χ1) is 21.3. The molecule has 0 bridgehead atoms. The summed E-state index contributed by atoms with van der Waals surface area (Å²) in [5, 5.41) is 26.6. The first-order valence-corrected chi connectivity index (χ1v) is 15.7. The molecule has 0 aliphatic carbocycles. The van der Waals surface area contributed by atoms with E-state index in [1.165, 1.54) is 30.3 Å². The van der Waals surface area contributed by atoms with Crippen LogP contribution in [0.3, 0.4) is 0 Å². The molecule has 234 valence electrons. The molecule has 2 atom stereocenters. The highest BCUT2D eigenvalue weighted by atomic mass is 32.2. The zero-order chi connectivity index (χ0) is 32.6. The standard InChI is InChI=1S/C33H31F3N4O4S/c1-45(43,44)40(28-13-6-3-7-14-28)29-17-25(20-37)15-26(19-29)32(42)39-30(18-23-9-4-2-5-10-23)31(41)22-38-21-24-11-8-12-27(16-24)33(34,35)36/h2-17,19,30-31,38,41H,18,21-22H2,1H3,(H,39,42)/t30-,31+/m0/s1. The minimum absolute atomic E-state index is 0.00387. The Morgan fingerprint density at radius 3 is 2.18 bits per heavy atom. The molecule has 12 heteroatoms. The van der Waals surface area contributed by atoms with Gasteiger partial charge in [-0.15, -0.1) is 0 Å². The Labute approximate surface area is 259 Å². The molecule has 0 unspecified atom stereocenters. The van der Waals surface area contributed by atoms with E-state index in [9.17, 15) is 36.8 Å². The number of rotatable bonds is 12. The van der Waals surface area contributed by atoms with Crippen molar-refractivity contribution in [2.75, 3.05) is 17.1 Å². The number of anilines is 2. The van der Waals surface area contributed by atoms with Crippen LogP contribution in [0.1, 0.15) is 32.6 Å². The SMILES string of the molecule is CS(=O)(=O)N(c1ccccc1)c1cc(C#N)cc(C(=O)N[C@@H](Cc2ccccc2)[C@H](O)CNCc2cccc(C(F)(F)F)c2)c1. The number of sulfonamides is 1. The summed E-state index contributed by atoms with van der Waals surface area (Å²) in [6, 6.07) is 27.2. The number of amides is 1. The molecule has 4 aromatic carbocycles. The summed E-state index contributed by atoms with van der Waals surface area (Å²) >= 11 is 0. The van der Waals surface area contributed by atoms with Gasteiger partial charge in [-0.1, -0.05) is 66.7 Å². The van der Waals surface area contributed by atoms with Gasteiger partial charge in [0.2, 0.25) is 10.0 Å². The molecule has 0 aromatic heterocycles. The largest absolute Gasteiger partial charge is 0.416 e. The smallest absolute Gasteiger partial charge is 0.390 e. The van der Waals surface area contributed by atoms with Crippen LogP contribution in [0.15, 0.2) is 103 Å². The van der Waals surface area contributed by atoms with Gasteiger partial charge in [0.1, 0.15) is 0 Å². The van der Waals surface area contributed by atoms with Crippen molar-refractivity contribution in [2.45, 2.75) is 31.3 Å². The topological polar surface area (TPSA) is 123 Å². The minimum Gasteiger partial charge on any atom is -0.390 e. The van der Waals surface area contributed by atoms with E-state index in [4.69, 9.17) is 0 Å². The van der Waals surface area contributed by atoms with Gasteiger partial charge in [-0.2, -0.15) is 18.4 Å². The van der Waals surface area contributed by atoms with Gasteiger partial charge in [-0.25, -0.2) is 12.7 Å². The van der Waals surface area contributed by atoms with Crippen molar-refractivity contribution in [3.8, 4) is 6.07 Å². The van der Waals surface area contributed by atoms with Crippen LogP contribution in [0.4, 0.5) is 24.5 Å². The number of alkyl halides is 3. The van der Waals surface area contributed by atoms with Crippen LogP contribution < -0.4 is 14.9 Å². The van der Waals surface area contributed by atoms with E-state index in [1.54, 1.807) is 42.5 Å². The Morgan fingerprint density at radius 1 is 0.911 bits per heavy atom. The molecule has 4 aromatic rings. The van der Waals surface area contributed by atoms with Gasteiger partial charge in [0.05, 0.1) is 47.0 Å². The molecular weight excluding hydrogens is 605 g/mol. The minimum atomic E-state index is -4.48. The number of benzene rings is 4. The number of aliphatic hydroxyl groups excluding tert-OH is 1. The number of halogens is 3. The molecule has 0 saturated heterocycles. The van der Waals surface area contributed by atoms with E-state index in [0.29, 0.717) is 11.3 Å². The van der Waals surface area contributed by atoms with E-state index >= 15 is 0 Å². The number of carbonyl (C=O) groups excluding carboxylic acids is 1. The predicted molar refractivity (Wildman–Crippen MR) is 165 cm³/mol. The summed E-state index contributed by atoms with van der Waals surface area (Å²) in [4.78, 5) is 13.6. The van der Waals surface area contributed by atoms with Crippen LogP contribution >= 0.6 is 0 Å². The second-order valence-electron chi connectivity index (χ2n) is 10.4. The maximum Gasteiger partial charge on any atom is 0.416 e. The van der Waals surface area contributed by atoms with Crippen LogP contribution in [0.5, 0.6) is 0 Å². The highest BCUT2D eigenvalue weighted by Crippen LogP contribution is 2.31. The lowest BCUT2D eigenvalue weighted by Gasteiger charge is -2.26. The van der Waals surface area contributed by atoms with Crippen LogP contribution in [-0.4, -0.2) is 44.4 Å². The number of para-hydroxylation sites is 1. The fraction of sp³-hybridized carbons (Fsp3) is 0.212. The highest BCUT2D eigenvalue weighted by molar-refractivity contribution is 7.92. The molecule has 0 heterocycles. The zero-order valence-electron chi connectivity index (χ0n) is 24.2. The van der Waals surface area contributed by atoms with E-state index in [1.807, 2.05) is 24.3 Å². The zero-order valence-corrected chi connectivity index (χ0v) is 25.0. The van der Waals surface area contributed by atoms with Crippen LogP contribution in [0.25, 0.3) is 0 Å². The van der Waals surface area contributed by atoms with E-state index in [2.05, 4.69) is 10.6 Å². The quantitative estimate of drug-likeness (QED) is 0.197. The van der Waals surface area contributed by atoms with Crippen molar-refractivity contribution < 1.29 is 31.5 Å². The van der Waals surface area contributed by atoms with Gasteiger partial charge in [0.15, 0.2) is 0 Å². The van der Waals surface area contributed by atoms with Gasteiger partial charge in [0, 0.05) is 18.7 Å².